The van der Waals surface area contributed by atoms with Crippen molar-refractivity contribution < 1.29 is 14.7 Å². The fourth-order valence-electron chi connectivity index (χ4n) is 4.84. The SMILES string of the molecule is O=C(O)[C@H]1CCC(=O)N(C2CCN(Cc3ccccc3)CC2)[C@H]1c1ccccc1. The molecule has 0 bridgehead atoms. The van der Waals surface area contributed by atoms with E-state index in [1.807, 2.05) is 41.3 Å². The monoisotopic (exact) mass is 392 g/mol. The largest absolute Gasteiger partial charge is 0.481 e. The highest BCUT2D eigenvalue weighted by Crippen LogP contribution is 2.40. The number of carboxylic acid groups (broad SMARTS) is 1. The molecule has 5 heteroatoms. The Balaban J connectivity index is 1.51. The van der Waals surface area contributed by atoms with E-state index >= 15 is 0 Å². The molecule has 0 unspecified atom stereocenters. The van der Waals surface area contributed by atoms with E-state index < -0.39 is 11.9 Å². The topological polar surface area (TPSA) is 60.9 Å². The van der Waals surface area contributed by atoms with Gasteiger partial charge in [0.25, 0.3) is 0 Å². The van der Waals surface area contributed by atoms with Gasteiger partial charge in [0.05, 0.1) is 12.0 Å². The van der Waals surface area contributed by atoms with Crippen LogP contribution in [0.15, 0.2) is 60.7 Å². The van der Waals surface area contributed by atoms with E-state index in [0.717, 1.165) is 38.0 Å². The van der Waals surface area contributed by atoms with Crippen LogP contribution in [-0.4, -0.2) is 45.9 Å². The second-order valence-electron chi connectivity index (χ2n) is 8.13. The Bertz CT molecular complexity index is 832. The molecule has 0 spiro atoms. The van der Waals surface area contributed by atoms with Crippen LogP contribution < -0.4 is 0 Å². The standard InChI is InChI=1S/C24H28N2O3/c27-22-12-11-21(24(28)29)23(19-9-5-2-6-10-19)26(22)20-13-15-25(16-14-20)17-18-7-3-1-4-8-18/h1-10,20-21,23H,11-17H2,(H,28,29)/t21-,23-/m0/s1. The van der Waals surface area contributed by atoms with Crippen LogP contribution in [-0.2, 0) is 16.1 Å². The lowest BCUT2D eigenvalue weighted by Gasteiger charge is -2.47. The minimum absolute atomic E-state index is 0.0952. The predicted octanol–water partition coefficient (Wildman–Crippen LogP) is 3.72. The first-order valence-corrected chi connectivity index (χ1v) is 10.5. The molecule has 2 aromatic rings. The van der Waals surface area contributed by atoms with Gasteiger partial charge in [0, 0.05) is 32.1 Å². The van der Waals surface area contributed by atoms with Crippen molar-refractivity contribution in [2.75, 3.05) is 13.1 Å². The van der Waals surface area contributed by atoms with Crippen LogP contribution in [0.25, 0.3) is 0 Å². The van der Waals surface area contributed by atoms with Crippen LogP contribution in [0.3, 0.4) is 0 Å². The quantitative estimate of drug-likeness (QED) is 0.843. The molecular weight excluding hydrogens is 364 g/mol. The van der Waals surface area contributed by atoms with Gasteiger partial charge in [-0.1, -0.05) is 60.7 Å². The van der Waals surface area contributed by atoms with Crippen LogP contribution in [0.5, 0.6) is 0 Å². The normalized spacial score (nSPS) is 23.9. The van der Waals surface area contributed by atoms with Gasteiger partial charge in [-0.15, -0.1) is 0 Å². The number of likely N-dealkylation sites (tertiary alicyclic amines) is 2. The smallest absolute Gasteiger partial charge is 0.308 e. The number of aliphatic carboxylic acids is 1. The molecular formula is C24H28N2O3. The van der Waals surface area contributed by atoms with Gasteiger partial charge in [0.15, 0.2) is 0 Å². The molecule has 2 heterocycles. The van der Waals surface area contributed by atoms with Crippen LogP contribution in [0.2, 0.25) is 0 Å². The molecule has 0 radical (unpaired) electrons. The Hall–Kier alpha value is -2.66. The molecule has 2 saturated heterocycles. The summed E-state index contributed by atoms with van der Waals surface area (Å²) in [5, 5.41) is 9.83. The Kier molecular flexibility index (Phi) is 5.95. The number of amides is 1. The Morgan fingerprint density at radius 3 is 2.17 bits per heavy atom. The van der Waals surface area contributed by atoms with Crippen molar-refractivity contribution in [1.82, 2.24) is 9.80 Å². The van der Waals surface area contributed by atoms with E-state index in [0.29, 0.717) is 12.8 Å². The number of hydrogen-bond donors (Lipinski definition) is 1. The Labute approximate surface area is 171 Å². The van der Waals surface area contributed by atoms with Gasteiger partial charge in [-0.3, -0.25) is 14.5 Å². The van der Waals surface area contributed by atoms with Crippen LogP contribution in [0, 0.1) is 5.92 Å². The zero-order valence-corrected chi connectivity index (χ0v) is 16.6. The van der Waals surface area contributed by atoms with Crippen molar-refractivity contribution in [3.8, 4) is 0 Å². The summed E-state index contributed by atoms with van der Waals surface area (Å²) in [4.78, 5) is 29.3. The highest BCUT2D eigenvalue weighted by molar-refractivity contribution is 5.82. The highest BCUT2D eigenvalue weighted by atomic mass is 16.4. The minimum Gasteiger partial charge on any atom is -0.481 e. The van der Waals surface area contributed by atoms with E-state index in [-0.39, 0.29) is 18.0 Å². The molecule has 4 rings (SSSR count). The van der Waals surface area contributed by atoms with Gasteiger partial charge in [-0.2, -0.15) is 0 Å². The molecule has 0 aliphatic carbocycles. The van der Waals surface area contributed by atoms with E-state index in [9.17, 15) is 14.7 Å². The molecule has 2 atom stereocenters. The number of carboxylic acids is 1. The van der Waals surface area contributed by atoms with Crippen LogP contribution >= 0.6 is 0 Å². The fraction of sp³-hybridized carbons (Fsp3) is 0.417. The number of rotatable bonds is 5. The number of piperidine rings is 2. The molecule has 2 fully saturated rings. The fourth-order valence-corrected chi connectivity index (χ4v) is 4.84. The first-order chi connectivity index (χ1) is 14.1. The van der Waals surface area contributed by atoms with E-state index in [1.54, 1.807) is 0 Å². The van der Waals surface area contributed by atoms with E-state index in [4.69, 9.17) is 0 Å². The average Bonchev–Trinajstić information content (AvgIpc) is 2.75. The number of nitrogens with zero attached hydrogens (tertiary/aromatic N) is 2. The lowest BCUT2D eigenvalue weighted by atomic mass is 9.82. The van der Waals surface area contributed by atoms with Gasteiger partial charge >= 0.3 is 5.97 Å². The molecule has 0 aromatic heterocycles. The van der Waals surface area contributed by atoms with Crippen molar-refractivity contribution in [2.24, 2.45) is 5.92 Å². The summed E-state index contributed by atoms with van der Waals surface area (Å²) in [6.45, 7) is 2.76. The number of benzene rings is 2. The maximum absolute atomic E-state index is 12.9. The third kappa shape index (κ3) is 4.35. The maximum atomic E-state index is 12.9. The third-order valence-electron chi connectivity index (χ3n) is 6.30. The molecule has 2 aliphatic rings. The number of carbonyl (C=O) groups is 2. The summed E-state index contributed by atoms with van der Waals surface area (Å²) in [7, 11) is 0. The Morgan fingerprint density at radius 1 is 0.931 bits per heavy atom. The lowest BCUT2D eigenvalue weighted by molar-refractivity contribution is -0.155. The molecule has 0 saturated carbocycles. The van der Waals surface area contributed by atoms with Gasteiger partial charge < -0.3 is 10.0 Å². The second kappa shape index (κ2) is 8.78. The van der Waals surface area contributed by atoms with Gasteiger partial charge in [0.2, 0.25) is 5.91 Å². The molecule has 152 valence electrons. The minimum atomic E-state index is -0.808. The van der Waals surface area contributed by atoms with Crippen molar-refractivity contribution in [3.63, 3.8) is 0 Å². The molecule has 2 aliphatic heterocycles. The van der Waals surface area contributed by atoms with Gasteiger partial charge in [0.1, 0.15) is 0 Å². The zero-order valence-electron chi connectivity index (χ0n) is 16.6. The summed E-state index contributed by atoms with van der Waals surface area (Å²) in [5.74, 6) is -1.26. The molecule has 1 N–H and O–H groups in total. The van der Waals surface area contributed by atoms with E-state index in [2.05, 4.69) is 29.2 Å². The molecule has 1 amide bonds. The first kappa shape index (κ1) is 19.6. The van der Waals surface area contributed by atoms with Crippen LogP contribution in [0.1, 0.15) is 42.9 Å². The average molecular weight is 392 g/mol. The molecule has 2 aromatic carbocycles. The third-order valence-corrected chi connectivity index (χ3v) is 6.30. The van der Waals surface area contributed by atoms with Crippen molar-refractivity contribution in [3.05, 3.63) is 71.8 Å². The first-order valence-electron chi connectivity index (χ1n) is 10.5. The predicted molar refractivity (Wildman–Crippen MR) is 111 cm³/mol. The second-order valence-corrected chi connectivity index (χ2v) is 8.13. The van der Waals surface area contributed by atoms with E-state index in [1.165, 1.54) is 5.56 Å². The van der Waals surface area contributed by atoms with Crippen molar-refractivity contribution in [1.29, 1.82) is 0 Å². The van der Waals surface area contributed by atoms with Gasteiger partial charge in [-0.25, -0.2) is 0 Å². The number of hydrogen-bond acceptors (Lipinski definition) is 3. The summed E-state index contributed by atoms with van der Waals surface area (Å²) in [5.41, 5.74) is 2.23. The van der Waals surface area contributed by atoms with Crippen LogP contribution in [0.4, 0.5) is 0 Å². The molecule has 5 nitrogen and oxygen atoms in total. The number of carbonyl (C=O) groups excluding carboxylic acids is 1. The zero-order chi connectivity index (χ0) is 20.2. The molecule has 29 heavy (non-hydrogen) atoms. The summed E-state index contributed by atoms with van der Waals surface area (Å²) < 4.78 is 0. The van der Waals surface area contributed by atoms with Crippen molar-refractivity contribution in [2.45, 2.75) is 44.3 Å². The van der Waals surface area contributed by atoms with Gasteiger partial charge in [-0.05, 0) is 30.4 Å². The Morgan fingerprint density at radius 2 is 1.55 bits per heavy atom. The summed E-state index contributed by atoms with van der Waals surface area (Å²) in [6, 6.07) is 19.8. The lowest BCUT2D eigenvalue weighted by Crippen LogP contribution is -2.53. The summed E-state index contributed by atoms with van der Waals surface area (Å²) >= 11 is 0. The summed E-state index contributed by atoms with van der Waals surface area (Å²) in [6.07, 6.45) is 2.50. The highest BCUT2D eigenvalue weighted by Gasteiger charge is 2.44. The van der Waals surface area contributed by atoms with Crippen molar-refractivity contribution >= 4 is 11.9 Å². The maximum Gasteiger partial charge on any atom is 0.308 e.